The summed E-state index contributed by atoms with van der Waals surface area (Å²) < 4.78 is 31.0. The van der Waals surface area contributed by atoms with E-state index in [0.717, 1.165) is 42.1 Å². The largest absolute Gasteiger partial charge is 0.384 e. The molecular weight excluding hydrogens is 593 g/mol. The highest BCUT2D eigenvalue weighted by atomic mass is 35.5. The minimum Gasteiger partial charge on any atom is -0.384 e. The minimum atomic E-state index is -1.30. The Kier molecular flexibility index (Phi) is 8.58. The predicted molar refractivity (Wildman–Crippen MR) is 156 cm³/mol. The van der Waals surface area contributed by atoms with Crippen LogP contribution in [-0.2, 0) is 4.79 Å². The number of aromatic nitrogens is 1. The van der Waals surface area contributed by atoms with E-state index in [1.54, 1.807) is 0 Å². The number of fused-ring (bicyclic) bond motifs is 1. The van der Waals surface area contributed by atoms with E-state index in [4.69, 9.17) is 28.9 Å². The number of halogens is 4. The van der Waals surface area contributed by atoms with Gasteiger partial charge in [0.1, 0.15) is 22.1 Å². The number of amides is 1. The van der Waals surface area contributed by atoms with E-state index in [1.807, 2.05) is 6.07 Å². The van der Waals surface area contributed by atoms with E-state index in [2.05, 4.69) is 15.5 Å². The number of rotatable bonds is 6. The number of thiazole rings is 1. The highest BCUT2D eigenvalue weighted by molar-refractivity contribution is 7.07. The normalized spacial score (nSPS) is 17.9. The molecule has 1 amide bonds. The third kappa shape index (κ3) is 5.54. The summed E-state index contributed by atoms with van der Waals surface area (Å²) in [6.45, 7) is 4.14. The van der Waals surface area contributed by atoms with Crippen LogP contribution in [0.15, 0.2) is 46.8 Å². The Bertz CT molecular complexity index is 1750. The van der Waals surface area contributed by atoms with Crippen molar-refractivity contribution < 1.29 is 13.6 Å². The summed E-state index contributed by atoms with van der Waals surface area (Å²) in [5, 5.41) is 16.3. The molecular formula is C28H24Cl2F2N6O2S. The summed E-state index contributed by atoms with van der Waals surface area (Å²) in [7, 11) is 0. The lowest BCUT2D eigenvalue weighted by Crippen LogP contribution is -2.47. The van der Waals surface area contributed by atoms with E-state index in [0.29, 0.717) is 6.54 Å². The number of nitrogens with zero attached hydrogens (tertiary/aromatic N) is 3. The summed E-state index contributed by atoms with van der Waals surface area (Å²) in [4.78, 5) is 29.6. The van der Waals surface area contributed by atoms with Crippen LogP contribution in [0, 0.1) is 23.0 Å². The maximum absolute atomic E-state index is 15.3. The molecule has 0 spiro atoms. The van der Waals surface area contributed by atoms with Crippen LogP contribution in [0.1, 0.15) is 17.0 Å². The number of carbonyl (C=O) groups is 1. The van der Waals surface area contributed by atoms with Crippen LogP contribution in [0.3, 0.4) is 0 Å². The minimum absolute atomic E-state index is 0.0126. The third-order valence-corrected chi connectivity index (χ3v) is 8.77. The van der Waals surface area contributed by atoms with Gasteiger partial charge in [0.25, 0.3) is 11.5 Å². The van der Waals surface area contributed by atoms with Crippen LogP contribution < -0.4 is 31.1 Å². The average Bonchev–Trinajstić information content (AvgIpc) is 3.27. The van der Waals surface area contributed by atoms with Crippen molar-refractivity contribution >= 4 is 57.9 Å². The zero-order valence-corrected chi connectivity index (χ0v) is 23.8. The van der Waals surface area contributed by atoms with Gasteiger partial charge in [-0.15, -0.1) is 11.3 Å². The highest BCUT2D eigenvalue weighted by Crippen LogP contribution is 2.40. The van der Waals surface area contributed by atoms with Gasteiger partial charge in [0.2, 0.25) is 0 Å². The first-order valence-electron chi connectivity index (χ1n) is 12.7. The first kappa shape index (κ1) is 29.0. The van der Waals surface area contributed by atoms with Crippen LogP contribution in [-0.4, -0.2) is 54.6 Å². The van der Waals surface area contributed by atoms with Crippen molar-refractivity contribution in [3.63, 3.8) is 0 Å². The number of nitrogens with one attached hydrogen (secondary N) is 2. The smallest absolute Gasteiger partial charge is 0.274 e. The van der Waals surface area contributed by atoms with Crippen molar-refractivity contribution in [2.45, 2.75) is 5.92 Å². The molecule has 1 saturated heterocycles. The Morgan fingerprint density at radius 2 is 1.85 bits per heavy atom. The van der Waals surface area contributed by atoms with E-state index >= 15 is 4.39 Å². The monoisotopic (exact) mass is 616 g/mol. The molecule has 0 aliphatic carbocycles. The summed E-state index contributed by atoms with van der Waals surface area (Å²) in [5.41, 5.74) is 5.24. The number of benzene rings is 2. The lowest BCUT2D eigenvalue weighted by atomic mass is 9.83. The Labute approximate surface area is 247 Å². The molecule has 1 aromatic heterocycles. The van der Waals surface area contributed by atoms with Gasteiger partial charge in [0.05, 0.1) is 32.7 Å². The zero-order chi connectivity index (χ0) is 29.3. The van der Waals surface area contributed by atoms with Crippen molar-refractivity contribution in [3.05, 3.63) is 94.3 Å². The fourth-order valence-electron chi connectivity index (χ4n) is 4.98. The Morgan fingerprint density at radius 3 is 2.51 bits per heavy atom. The molecule has 3 aromatic rings. The van der Waals surface area contributed by atoms with Crippen molar-refractivity contribution in [3.8, 4) is 6.07 Å². The Morgan fingerprint density at radius 1 is 1.17 bits per heavy atom. The number of allylic oxidation sites excluding steroid dienone is 1. The maximum Gasteiger partial charge on any atom is 0.274 e. The van der Waals surface area contributed by atoms with Gasteiger partial charge in [-0.3, -0.25) is 19.1 Å². The van der Waals surface area contributed by atoms with Gasteiger partial charge >= 0.3 is 0 Å². The molecule has 2 aliphatic heterocycles. The van der Waals surface area contributed by atoms with Gasteiger partial charge in [0.15, 0.2) is 0 Å². The molecule has 8 nitrogen and oxygen atoms in total. The summed E-state index contributed by atoms with van der Waals surface area (Å²) in [5.74, 6) is -3.58. The third-order valence-electron chi connectivity index (χ3n) is 7.00. The van der Waals surface area contributed by atoms with Crippen LogP contribution >= 0.6 is 34.5 Å². The molecule has 212 valence electrons. The summed E-state index contributed by atoms with van der Waals surface area (Å²) in [6.07, 6.45) is 1.26. The standard InChI is InChI=1S/C28H24Cl2F2N6O2S/c29-17-3-1-5-19(31)15(17)13-21-27(40)38-25(34)16(14-33)22(23-18(30)4-2-6-20(23)32)24(28(38)41-21)26(39)36-9-12-37-10-7-35-8-11-37/h1-6,13,22,35H,7-12,34H2,(H,36,39)/b21-13-. The van der Waals surface area contributed by atoms with Gasteiger partial charge in [-0.25, -0.2) is 8.78 Å². The number of hydrogen-bond acceptors (Lipinski definition) is 7. The van der Waals surface area contributed by atoms with Gasteiger partial charge in [0, 0.05) is 55.4 Å². The molecule has 1 atom stereocenters. The highest BCUT2D eigenvalue weighted by Gasteiger charge is 2.38. The van der Waals surface area contributed by atoms with Crippen molar-refractivity contribution in [1.29, 1.82) is 5.26 Å². The maximum atomic E-state index is 15.3. The fourth-order valence-corrected chi connectivity index (χ4v) is 6.63. The second-order valence-corrected chi connectivity index (χ2v) is 11.3. The molecule has 3 heterocycles. The van der Waals surface area contributed by atoms with E-state index in [-0.39, 0.29) is 53.9 Å². The molecule has 4 N–H and O–H groups in total. The van der Waals surface area contributed by atoms with Crippen LogP contribution in [0.4, 0.5) is 8.78 Å². The number of piperazine rings is 1. The number of carbonyl (C=O) groups excluding carboxylic acids is 1. The number of nitriles is 1. The predicted octanol–water partition coefficient (Wildman–Crippen LogP) is 1.94. The van der Waals surface area contributed by atoms with Crippen molar-refractivity contribution in [2.24, 2.45) is 5.73 Å². The topological polar surface area (TPSA) is 116 Å². The summed E-state index contributed by atoms with van der Waals surface area (Å²) in [6, 6.07) is 10.1. The second-order valence-electron chi connectivity index (χ2n) is 9.43. The average molecular weight is 618 g/mol. The SMILES string of the molecule is N#CC1=C(N)n2c(s/c(=C\c3c(F)cccc3Cl)c2=O)=C(C(=O)NCCN2CCNCC2)C1c1c(F)cccc1Cl. The van der Waals surface area contributed by atoms with Crippen LogP contribution in [0.25, 0.3) is 17.5 Å². The lowest BCUT2D eigenvalue weighted by Gasteiger charge is -2.28. The molecule has 5 rings (SSSR count). The summed E-state index contributed by atoms with van der Waals surface area (Å²) >= 11 is 13.5. The molecule has 1 unspecified atom stereocenters. The van der Waals surface area contributed by atoms with Gasteiger partial charge in [-0.05, 0) is 30.3 Å². The van der Waals surface area contributed by atoms with E-state index in [1.165, 1.54) is 42.5 Å². The fraction of sp³-hybridized carbons (Fsp3) is 0.250. The molecule has 1 fully saturated rings. The molecule has 2 aromatic carbocycles. The number of nitrogens with two attached hydrogens (primary N) is 1. The first-order valence-corrected chi connectivity index (χ1v) is 14.3. The molecule has 13 heteroatoms. The van der Waals surface area contributed by atoms with Gasteiger partial charge in [-0.2, -0.15) is 5.26 Å². The molecule has 0 saturated carbocycles. The number of hydrogen-bond donors (Lipinski definition) is 3. The lowest BCUT2D eigenvalue weighted by molar-refractivity contribution is -0.116. The van der Waals surface area contributed by atoms with E-state index < -0.39 is 29.0 Å². The van der Waals surface area contributed by atoms with E-state index in [9.17, 15) is 19.2 Å². The molecule has 0 radical (unpaired) electrons. The van der Waals surface area contributed by atoms with Crippen LogP contribution in [0.5, 0.6) is 0 Å². The second kappa shape index (κ2) is 12.1. The van der Waals surface area contributed by atoms with Gasteiger partial charge in [-0.1, -0.05) is 35.3 Å². The van der Waals surface area contributed by atoms with Crippen molar-refractivity contribution in [1.82, 2.24) is 20.1 Å². The Hall–Kier alpha value is -3.53. The van der Waals surface area contributed by atoms with Gasteiger partial charge < -0.3 is 16.4 Å². The quantitative estimate of drug-likeness (QED) is 0.390. The zero-order valence-electron chi connectivity index (χ0n) is 21.5. The van der Waals surface area contributed by atoms with Crippen LogP contribution in [0.2, 0.25) is 10.0 Å². The molecule has 2 aliphatic rings. The van der Waals surface area contributed by atoms with Crippen molar-refractivity contribution in [2.75, 3.05) is 39.3 Å². The molecule has 41 heavy (non-hydrogen) atoms. The molecule has 0 bridgehead atoms. The Balaban J connectivity index is 1.72. The first-order chi connectivity index (χ1) is 19.7.